The number of rotatable bonds is 13. The molecule has 1 aliphatic carbocycles. The minimum Gasteiger partial charge on any atom is -0.478 e. The summed E-state index contributed by atoms with van der Waals surface area (Å²) in [5, 5.41) is 23.4. The fourth-order valence-corrected chi connectivity index (χ4v) is 7.99. The summed E-state index contributed by atoms with van der Waals surface area (Å²) < 4.78 is 69.5. The Labute approximate surface area is 266 Å². The molecule has 1 heterocycles. The van der Waals surface area contributed by atoms with Gasteiger partial charge in [0.25, 0.3) is 0 Å². The number of carboxylic acids is 1. The monoisotopic (exact) mass is 664 g/mol. The number of nitrogens with zero attached hydrogens (tertiary/aromatic N) is 1. The summed E-state index contributed by atoms with van der Waals surface area (Å²) >= 11 is 1.06. The highest BCUT2D eigenvalue weighted by Crippen LogP contribution is 2.38. The first-order valence-corrected chi connectivity index (χ1v) is 17.0. The zero-order chi connectivity index (χ0) is 33.2. The van der Waals surface area contributed by atoms with Crippen molar-refractivity contribution in [1.29, 1.82) is 0 Å². The Morgan fingerprint density at radius 1 is 1.11 bits per heavy atom. The lowest BCUT2D eigenvalue weighted by Crippen LogP contribution is -2.47. The normalized spacial score (nSPS) is 15.4. The maximum atomic E-state index is 13.9. The van der Waals surface area contributed by atoms with Crippen LogP contribution in [0.2, 0.25) is 0 Å². The van der Waals surface area contributed by atoms with Crippen LogP contribution in [0.3, 0.4) is 0 Å². The molecule has 3 aromatic rings. The van der Waals surface area contributed by atoms with E-state index in [-0.39, 0.29) is 36.2 Å². The summed E-state index contributed by atoms with van der Waals surface area (Å²) in [6.07, 6.45) is -1.40. The summed E-state index contributed by atoms with van der Waals surface area (Å²) in [4.78, 5) is 11.7. The van der Waals surface area contributed by atoms with Crippen molar-refractivity contribution >= 4 is 33.4 Å². The van der Waals surface area contributed by atoms with E-state index in [2.05, 4.69) is 17.4 Å². The minimum atomic E-state index is -4.81. The number of aliphatic hydroxyl groups is 1. The zero-order valence-corrected chi connectivity index (χ0v) is 27.3. The van der Waals surface area contributed by atoms with Crippen molar-refractivity contribution in [3.8, 4) is 10.4 Å². The van der Waals surface area contributed by atoms with E-state index in [1.54, 1.807) is 13.0 Å². The van der Waals surface area contributed by atoms with Crippen LogP contribution in [0, 0.1) is 5.92 Å². The quantitative estimate of drug-likeness (QED) is 0.181. The van der Waals surface area contributed by atoms with Crippen LogP contribution in [0.15, 0.2) is 65.1 Å². The van der Waals surface area contributed by atoms with Gasteiger partial charge in [0, 0.05) is 41.0 Å². The van der Waals surface area contributed by atoms with Gasteiger partial charge in [-0.05, 0) is 98.5 Å². The Hall–Kier alpha value is -3.03. The molecule has 12 heteroatoms. The summed E-state index contributed by atoms with van der Waals surface area (Å²) in [5.74, 6) is -0.648. The van der Waals surface area contributed by atoms with Crippen molar-refractivity contribution < 1.29 is 36.6 Å². The molecule has 1 aliphatic rings. The molecule has 7 nitrogen and oxygen atoms in total. The largest absolute Gasteiger partial charge is 0.478 e. The first-order chi connectivity index (χ1) is 21.0. The Kier molecular flexibility index (Phi) is 10.7. The molecule has 0 fully saturated rings. The maximum Gasteiger partial charge on any atom is 0.416 e. The molecule has 0 radical (unpaired) electrons. The number of β-amino-alcohol motifs (C(OH)–C–C–N with tert-alkyl or cyclic N) is 1. The van der Waals surface area contributed by atoms with E-state index in [0.29, 0.717) is 21.7 Å². The van der Waals surface area contributed by atoms with Crippen molar-refractivity contribution in [3.05, 3.63) is 81.7 Å². The Morgan fingerprint density at radius 2 is 1.76 bits per heavy atom. The molecule has 0 bridgehead atoms. The van der Waals surface area contributed by atoms with Gasteiger partial charge in [-0.25, -0.2) is 13.2 Å². The third-order valence-corrected chi connectivity index (χ3v) is 10.9. The van der Waals surface area contributed by atoms with Gasteiger partial charge in [-0.3, -0.25) is 0 Å². The number of aliphatic carboxylic acids is 1. The molecule has 1 aromatic heterocycles. The lowest BCUT2D eigenvalue weighted by atomic mass is 9.88. The number of hydrogen-bond acceptors (Lipinski definition) is 6. The average molecular weight is 665 g/mol. The lowest BCUT2D eigenvalue weighted by Gasteiger charge is -2.31. The SMILES string of the molecule is CCC(=Cc1ccc(-c2cc(C(F)(F)F)cc(S(=O)(=O)N(C)CC(O)CNC(C)(C)CC3Cc4ccccc4C3)c2)s1)C(=O)O. The molecule has 0 aliphatic heterocycles. The zero-order valence-electron chi connectivity index (χ0n) is 25.7. The molecule has 0 spiro atoms. The van der Waals surface area contributed by atoms with Crippen LogP contribution >= 0.6 is 11.3 Å². The second-order valence-electron chi connectivity index (χ2n) is 12.2. The van der Waals surface area contributed by atoms with Crippen molar-refractivity contribution in [2.75, 3.05) is 20.1 Å². The highest BCUT2D eigenvalue weighted by Gasteiger charge is 2.34. The number of carbonyl (C=O) groups is 1. The number of aliphatic hydroxyl groups excluding tert-OH is 1. The number of nitrogens with one attached hydrogen (secondary N) is 1. The highest BCUT2D eigenvalue weighted by atomic mass is 32.2. The fourth-order valence-electron chi connectivity index (χ4n) is 5.75. The summed E-state index contributed by atoms with van der Waals surface area (Å²) in [5.41, 5.74) is 1.41. The van der Waals surface area contributed by atoms with Gasteiger partial charge in [-0.1, -0.05) is 31.2 Å². The van der Waals surface area contributed by atoms with E-state index in [0.717, 1.165) is 41.0 Å². The molecule has 4 rings (SSSR count). The molecule has 244 valence electrons. The maximum absolute atomic E-state index is 13.9. The molecular weight excluding hydrogens is 626 g/mol. The minimum absolute atomic E-state index is 0.0350. The second kappa shape index (κ2) is 13.8. The molecule has 2 aromatic carbocycles. The van der Waals surface area contributed by atoms with Gasteiger partial charge >= 0.3 is 12.1 Å². The van der Waals surface area contributed by atoms with E-state index >= 15 is 0 Å². The first-order valence-electron chi connectivity index (χ1n) is 14.7. The fraction of sp³-hybridized carbons (Fsp3) is 0.424. The molecule has 0 saturated carbocycles. The number of hydrogen-bond donors (Lipinski definition) is 3. The third kappa shape index (κ3) is 8.82. The van der Waals surface area contributed by atoms with Crippen molar-refractivity contribution in [2.24, 2.45) is 5.92 Å². The summed E-state index contributed by atoms with van der Waals surface area (Å²) in [6.45, 7) is 5.52. The molecule has 3 N–H and O–H groups in total. The van der Waals surface area contributed by atoms with Crippen LogP contribution < -0.4 is 5.32 Å². The van der Waals surface area contributed by atoms with Gasteiger partial charge in [-0.15, -0.1) is 11.3 Å². The summed E-state index contributed by atoms with van der Waals surface area (Å²) in [6, 6.07) is 14.1. The number of fused-ring (bicyclic) bond motifs is 1. The number of carboxylic acid groups (broad SMARTS) is 1. The number of alkyl halides is 3. The van der Waals surface area contributed by atoms with Crippen LogP contribution in [0.1, 0.15) is 55.2 Å². The van der Waals surface area contributed by atoms with Crippen LogP contribution in [0.4, 0.5) is 13.2 Å². The molecule has 1 unspecified atom stereocenters. The molecule has 1 atom stereocenters. The van der Waals surface area contributed by atoms with Gasteiger partial charge in [-0.2, -0.15) is 17.5 Å². The van der Waals surface area contributed by atoms with Gasteiger partial charge in [0.1, 0.15) is 0 Å². The van der Waals surface area contributed by atoms with E-state index < -0.39 is 38.7 Å². The van der Waals surface area contributed by atoms with E-state index in [9.17, 15) is 36.6 Å². The molecule has 0 saturated heterocycles. The van der Waals surface area contributed by atoms with Crippen molar-refractivity contribution in [2.45, 2.75) is 69.2 Å². The second-order valence-corrected chi connectivity index (χ2v) is 15.4. The predicted octanol–water partition coefficient (Wildman–Crippen LogP) is 6.47. The number of halogens is 3. The van der Waals surface area contributed by atoms with Crippen LogP contribution in [0.5, 0.6) is 0 Å². The number of sulfonamides is 1. The van der Waals surface area contributed by atoms with Crippen molar-refractivity contribution in [1.82, 2.24) is 9.62 Å². The molecule has 0 amide bonds. The Morgan fingerprint density at radius 3 is 2.33 bits per heavy atom. The van der Waals surface area contributed by atoms with Crippen LogP contribution in [-0.2, 0) is 33.8 Å². The Balaban J connectivity index is 1.46. The number of thiophene rings is 1. The summed E-state index contributed by atoms with van der Waals surface area (Å²) in [7, 11) is -3.19. The van der Waals surface area contributed by atoms with Gasteiger partial charge in [0.15, 0.2) is 0 Å². The standard InChI is InChI=1S/C33H39F3N2O5S2/c1-5-22(31(40)41)15-28-10-11-30(44-28)25-14-26(33(34,35)36)17-29(16-25)45(42,43)38(4)20-27(39)19-37-32(2,3)18-21-12-23-8-6-7-9-24(23)13-21/h6-11,14-17,21,27,37,39H,5,12-13,18-20H2,1-4H3,(H,40,41). The number of benzene rings is 2. The Bertz CT molecular complexity index is 1640. The van der Waals surface area contributed by atoms with E-state index in [4.69, 9.17) is 0 Å². The topological polar surface area (TPSA) is 107 Å². The third-order valence-electron chi connectivity index (χ3n) is 8.04. The smallest absolute Gasteiger partial charge is 0.416 e. The van der Waals surface area contributed by atoms with Gasteiger partial charge in [0.05, 0.1) is 16.6 Å². The van der Waals surface area contributed by atoms with E-state index in [1.165, 1.54) is 36.4 Å². The molecule has 45 heavy (non-hydrogen) atoms. The molecular formula is C33H39F3N2O5S2. The van der Waals surface area contributed by atoms with Crippen molar-refractivity contribution in [3.63, 3.8) is 0 Å². The predicted molar refractivity (Wildman–Crippen MR) is 171 cm³/mol. The average Bonchev–Trinajstić information content (AvgIpc) is 3.60. The van der Waals surface area contributed by atoms with Gasteiger partial charge < -0.3 is 15.5 Å². The van der Waals surface area contributed by atoms with E-state index in [1.807, 2.05) is 26.0 Å². The van der Waals surface area contributed by atoms with Crippen LogP contribution in [0.25, 0.3) is 16.5 Å². The number of likely N-dealkylation sites (N-methyl/N-ethyl adjacent to an activating group) is 1. The highest BCUT2D eigenvalue weighted by molar-refractivity contribution is 7.89. The first kappa shape index (κ1) is 34.8. The van der Waals surface area contributed by atoms with Gasteiger partial charge in [0.2, 0.25) is 10.0 Å². The lowest BCUT2D eigenvalue weighted by molar-refractivity contribution is -0.137. The van der Waals surface area contributed by atoms with Crippen LogP contribution in [-0.4, -0.2) is 60.7 Å².